The van der Waals surface area contributed by atoms with Crippen molar-refractivity contribution in [1.82, 2.24) is 9.55 Å². The van der Waals surface area contributed by atoms with Crippen molar-refractivity contribution in [3.05, 3.63) is 46.5 Å². The van der Waals surface area contributed by atoms with E-state index in [4.69, 9.17) is 11.6 Å². The second-order valence-electron chi connectivity index (χ2n) is 5.71. The van der Waals surface area contributed by atoms with Gasteiger partial charge in [-0.15, -0.1) is 0 Å². The van der Waals surface area contributed by atoms with Gasteiger partial charge in [0.2, 0.25) is 5.95 Å². The number of benzene rings is 1. The predicted molar refractivity (Wildman–Crippen MR) is 83.4 cm³/mol. The normalized spacial score (nSPS) is 15.6. The highest BCUT2D eigenvalue weighted by molar-refractivity contribution is 6.30. The predicted octanol–water partition coefficient (Wildman–Crippen LogP) is 4.39. The largest absolute Gasteiger partial charge is 0.353 e. The monoisotopic (exact) mass is 307 g/mol. The van der Waals surface area contributed by atoms with E-state index in [1.165, 1.54) is 31.7 Å². The average Bonchev–Trinajstić information content (AvgIpc) is 3.05. The van der Waals surface area contributed by atoms with E-state index in [2.05, 4.69) is 14.9 Å². The maximum absolute atomic E-state index is 13.2. The first-order valence-electron chi connectivity index (χ1n) is 7.36. The van der Waals surface area contributed by atoms with Crippen LogP contribution >= 0.6 is 11.6 Å². The van der Waals surface area contributed by atoms with Crippen LogP contribution in [0.25, 0.3) is 0 Å². The highest BCUT2D eigenvalue weighted by Gasteiger charge is 2.17. The van der Waals surface area contributed by atoms with Gasteiger partial charge in [0.25, 0.3) is 0 Å². The van der Waals surface area contributed by atoms with Crippen LogP contribution in [0.2, 0.25) is 5.02 Å². The number of halogens is 2. The lowest BCUT2D eigenvalue weighted by atomic mass is 10.2. The van der Waals surface area contributed by atoms with Gasteiger partial charge in [0.05, 0.1) is 17.3 Å². The first-order valence-corrected chi connectivity index (χ1v) is 7.74. The van der Waals surface area contributed by atoms with Crippen LogP contribution in [-0.4, -0.2) is 15.6 Å². The van der Waals surface area contributed by atoms with E-state index in [1.54, 1.807) is 12.1 Å². The molecule has 1 aliphatic rings. The van der Waals surface area contributed by atoms with E-state index in [-0.39, 0.29) is 10.8 Å². The Hall–Kier alpha value is -1.55. The van der Waals surface area contributed by atoms with Gasteiger partial charge in [-0.1, -0.05) is 30.5 Å². The van der Waals surface area contributed by atoms with Crippen LogP contribution in [0.5, 0.6) is 0 Å². The molecule has 0 spiro atoms. The third kappa shape index (κ3) is 3.38. The molecule has 5 heteroatoms. The minimum atomic E-state index is -0.383. The molecule has 3 rings (SSSR count). The third-order valence-electron chi connectivity index (χ3n) is 3.92. The lowest BCUT2D eigenvalue weighted by Gasteiger charge is -2.15. The molecule has 1 aromatic heterocycles. The molecule has 0 radical (unpaired) electrons. The van der Waals surface area contributed by atoms with E-state index in [0.29, 0.717) is 12.6 Å². The number of hydrogen-bond donors (Lipinski definition) is 1. The van der Waals surface area contributed by atoms with Gasteiger partial charge in [0, 0.05) is 12.2 Å². The van der Waals surface area contributed by atoms with Gasteiger partial charge in [0.1, 0.15) is 5.82 Å². The maximum Gasteiger partial charge on any atom is 0.203 e. The molecule has 0 amide bonds. The van der Waals surface area contributed by atoms with E-state index >= 15 is 0 Å². The SMILES string of the molecule is Cc1cn(Cc2ccc(F)c(Cl)c2)c(NC2CCCC2)n1. The van der Waals surface area contributed by atoms with Gasteiger partial charge in [-0.2, -0.15) is 0 Å². The Morgan fingerprint density at radius 1 is 1.38 bits per heavy atom. The first kappa shape index (κ1) is 14.4. The third-order valence-corrected chi connectivity index (χ3v) is 4.21. The molecule has 112 valence electrons. The topological polar surface area (TPSA) is 29.9 Å². The fourth-order valence-electron chi connectivity index (χ4n) is 2.87. The van der Waals surface area contributed by atoms with E-state index < -0.39 is 0 Å². The van der Waals surface area contributed by atoms with Crippen molar-refractivity contribution >= 4 is 17.5 Å². The minimum Gasteiger partial charge on any atom is -0.353 e. The molecule has 1 aromatic carbocycles. The highest BCUT2D eigenvalue weighted by atomic mass is 35.5. The summed E-state index contributed by atoms with van der Waals surface area (Å²) in [4.78, 5) is 4.56. The summed E-state index contributed by atoms with van der Waals surface area (Å²) in [6.45, 7) is 2.61. The van der Waals surface area contributed by atoms with E-state index in [9.17, 15) is 4.39 Å². The van der Waals surface area contributed by atoms with Gasteiger partial charge in [-0.05, 0) is 37.5 Å². The Bertz CT molecular complexity index is 632. The zero-order chi connectivity index (χ0) is 14.8. The van der Waals surface area contributed by atoms with Crippen LogP contribution < -0.4 is 5.32 Å². The van der Waals surface area contributed by atoms with Gasteiger partial charge >= 0.3 is 0 Å². The smallest absolute Gasteiger partial charge is 0.203 e. The molecule has 0 unspecified atom stereocenters. The van der Waals surface area contributed by atoms with E-state index in [1.807, 2.05) is 13.1 Å². The quantitative estimate of drug-likeness (QED) is 0.908. The van der Waals surface area contributed by atoms with Gasteiger partial charge < -0.3 is 9.88 Å². The van der Waals surface area contributed by atoms with Crippen LogP contribution in [0.4, 0.5) is 10.3 Å². The van der Waals surface area contributed by atoms with Crippen molar-refractivity contribution in [3.63, 3.8) is 0 Å². The average molecular weight is 308 g/mol. The van der Waals surface area contributed by atoms with Crippen LogP contribution in [0.1, 0.15) is 36.9 Å². The number of aromatic nitrogens is 2. The fourth-order valence-corrected chi connectivity index (χ4v) is 3.07. The summed E-state index contributed by atoms with van der Waals surface area (Å²) in [5.74, 6) is 0.506. The fraction of sp³-hybridized carbons (Fsp3) is 0.438. The van der Waals surface area contributed by atoms with Gasteiger partial charge in [-0.25, -0.2) is 9.37 Å². The Labute approximate surface area is 129 Å². The Morgan fingerprint density at radius 2 is 2.14 bits per heavy atom. The summed E-state index contributed by atoms with van der Waals surface area (Å²) in [6, 6.07) is 5.36. The lowest BCUT2D eigenvalue weighted by Crippen LogP contribution is -2.18. The molecule has 1 heterocycles. The standard InChI is InChI=1S/C16H19ClFN3/c1-11-9-21(10-12-6-7-15(18)14(17)8-12)16(19-11)20-13-4-2-3-5-13/h6-9,13H,2-5,10H2,1H3,(H,19,20). The molecule has 2 aromatic rings. The van der Waals surface area contributed by atoms with Crippen molar-refractivity contribution < 1.29 is 4.39 Å². The number of aryl methyl sites for hydroxylation is 1. The zero-order valence-electron chi connectivity index (χ0n) is 12.1. The summed E-state index contributed by atoms with van der Waals surface area (Å²) in [7, 11) is 0. The molecule has 21 heavy (non-hydrogen) atoms. The van der Waals surface area contributed by atoms with Crippen LogP contribution in [0.3, 0.4) is 0 Å². The first-order chi connectivity index (χ1) is 10.1. The van der Waals surface area contributed by atoms with Gasteiger partial charge in [0.15, 0.2) is 0 Å². The minimum absolute atomic E-state index is 0.162. The van der Waals surface area contributed by atoms with Crippen LogP contribution in [0, 0.1) is 12.7 Å². The molecule has 1 saturated carbocycles. The van der Waals surface area contributed by atoms with Crippen molar-refractivity contribution in [3.8, 4) is 0 Å². The number of rotatable bonds is 4. The molecule has 3 nitrogen and oxygen atoms in total. The molecule has 0 saturated heterocycles. The molecule has 1 fully saturated rings. The van der Waals surface area contributed by atoms with Crippen LogP contribution in [0.15, 0.2) is 24.4 Å². The highest BCUT2D eigenvalue weighted by Crippen LogP contribution is 2.23. The molecular formula is C16H19ClFN3. The zero-order valence-corrected chi connectivity index (χ0v) is 12.8. The summed E-state index contributed by atoms with van der Waals surface area (Å²) in [5.41, 5.74) is 1.94. The maximum atomic E-state index is 13.2. The molecule has 0 bridgehead atoms. The molecule has 1 N–H and O–H groups in total. The van der Waals surface area contributed by atoms with Crippen molar-refractivity contribution in [2.75, 3.05) is 5.32 Å². The number of imidazole rings is 1. The molecule has 0 atom stereocenters. The summed E-state index contributed by atoms with van der Waals surface area (Å²) in [5, 5.41) is 3.68. The summed E-state index contributed by atoms with van der Waals surface area (Å²) < 4.78 is 15.3. The van der Waals surface area contributed by atoms with Crippen molar-refractivity contribution in [2.45, 2.75) is 45.2 Å². The Kier molecular flexibility index (Phi) is 4.15. The molecule has 1 aliphatic carbocycles. The van der Waals surface area contributed by atoms with Crippen LogP contribution in [-0.2, 0) is 6.54 Å². The summed E-state index contributed by atoms with van der Waals surface area (Å²) in [6.07, 6.45) is 6.98. The van der Waals surface area contributed by atoms with E-state index in [0.717, 1.165) is 17.2 Å². The number of hydrogen-bond acceptors (Lipinski definition) is 2. The van der Waals surface area contributed by atoms with Crippen molar-refractivity contribution in [2.24, 2.45) is 0 Å². The molecule has 0 aliphatic heterocycles. The number of nitrogens with zero attached hydrogens (tertiary/aromatic N) is 2. The number of anilines is 1. The summed E-state index contributed by atoms with van der Waals surface area (Å²) >= 11 is 5.85. The Morgan fingerprint density at radius 3 is 2.86 bits per heavy atom. The second-order valence-corrected chi connectivity index (χ2v) is 6.12. The Balaban J connectivity index is 1.79. The molecular weight excluding hydrogens is 289 g/mol. The number of nitrogens with one attached hydrogen (secondary N) is 1. The van der Waals surface area contributed by atoms with Gasteiger partial charge in [-0.3, -0.25) is 0 Å². The lowest BCUT2D eigenvalue weighted by molar-refractivity contribution is 0.626. The van der Waals surface area contributed by atoms with Crippen molar-refractivity contribution in [1.29, 1.82) is 0 Å². The second kappa shape index (κ2) is 6.06.